The van der Waals surface area contributed by atoms with Crippen LogP contribution in [-0.4, -0.2) is 36.3 Å². The lowest BCUT2D eigenvalue weighted by Crippen LogP contribution is -2.37. The first-order valence-electron chi connectivity index (χ1n) is 7.63. The predicted octanol–water partition coefficient (Wildman–Crippen LogP) is 2.63. The van der Waals surface area contributed by atoms with Gasteiger partial charge in [0.05, 0.1) is 13.2 Å². The molecule has 19 heavy (non-hydrogen) atoms. The Morgan fingerprint density at radius 1 is 1.37 bits per heavy atom. The van der Waals surface area contributed by atoms with Crippen LogP contribution in [0, 0.1) is 17.8 Å². The van der Waals surface area contributed by atoms with Crippen molar-refractivity contribution in [2.75, 3.05) is 13.2 Å². The molecule has 1 aliphatic carbocycles. The molecule has 2 fully saturated rings. The van der Waals surface area contributed by atoms with Gasteiger partial charge in [0.15, 0.2) is 0 Å². The molecule has 0 bridgehead atoms. The second kappa shape index (κ2) is 6.23. The summed E-state index contributed by atoms with van der Waals surface area (Å²) in [5.74, 6) is 1.65. The molecule has 1 heterocycles. The Bertz CT molecular complexity index is 319. The highest BCUT2D eigenvalue weighted by atomic mass is 16.7. The minimum atomic E-state index is -0.162. The van der Waals surface area contributed by atoms with Crippen molar-refractivity contribution in [1.29, 1.82) is 0 Å². The van der Waals surface area contributed by atoms with Crippen LogP contribution in [0.1, 0.15) is 47.0 Å². The first-order valence-corrected chi connectivity index (χ1v) is 7.63. The highest BCUT2D eigenvalue weighted by Gasteiger charge is 2.45. The summed E-state index contributed by atoms with van der Waals surface area (Å²) in [5.41, 5.74) is 0. The molecule has 1 aliphatic heterocycles. The van der Waals surface area contributed by atoms with Gasteiger partial charge in [-0.15, -0.1) is 0 Å². The Hall–Kier alpha value is -0.610. The van der Waals surface area contributed by atoms with E-state index in [-0.39, 0.29) is 18.1 Å². The van der Waals surface area contributed by atoms with E-state index in [0.29, 0.717) is 30.9 Å². The highest BCUT2D eigenvalue weighted by molar-refractivity contribution is 5.78. The number of hydroxylamine groups is 2. The minimum Gasteiger partial charge on any atom is -0.461 e. The van der Waals surface area contributed by atoms with Crippen molar-refractivity contribution in [2.45, 2.75) is 59.1 Å². The quantitative estimate of drug-likeness (QED) is 0.568. The lowest BCUT2D eigenvalue weighted by molar-refractivity contribution is -0.161. The van der Waals surface area contributed by atoms with E-state index in [1.54, 1.807) is 5.06 Å². The van der Waals surface area contributed by atoms with Gasteiger partial charge in [0.2, 0.25) is 0 Å². The number of esters is 1. The Balaban J connectivity index is 1.87. The van der Waals surface area contributed by atoms with Gasteiger partial charge >= 0.3 is 5.97 Å². The number of ether oxygens (including phenoxy) is 1. The van der Waals surface area contributed by atoms with Gasteiger partial charge in [0.1, 0.15) is 12.1 Å². The van der Waals surface area contributed by atoms with Crippen molar-refractivity contribution in [1.82, 2.24) is 5.06 Å². The van der Waals surface area contributed by atoms with Gasteiger partial charge in [0, 0.05) is 0 Å². The third kappa shape index (κ3) is 3.69. The molecule has 5 atom stereocenters. The van der Waals surface area contributed by atoms with Crippen molar-refractivity contribution < 1.29 is 14.4 Å². The van der Waals surface area contributed by atoms with Crippen LogP contribution in [0.4, 0.5) is 0 Å². The Labute approximate surface area is 116 Å². The van der Waals surface area contributed by atoms with E-state index in [4.69, 9.17) is 9.57 Å². The number of hydrogen-bond acceptors (Lipinski definition) is 4. The van der Waals surface area contributed by atoms with E-state index in [1.807, 2.05) is 6.92 Å². The smallest absolute Gasteiger partial charge is 0.327 e. The lowest BCUT2D eigenvalue weighted by atomic mass is 9.75. The van der Waals surface area contributed by atoms with Crippen LogP contribution >= 0.6 is 0 Å². The van der Waals surface area contributed by atoms with Gasteiger partial charge in [-0.1, -0.05) is 27.2 Å². The molecule has 0 aromatic heterocycles. The summed E-state index contributed by atoms with van der Waals surface area (Å²) in [7, 11) is 0. The molecule has 0 aromatic carbocycles. The summed E-state index contributed by atoms with van der Waals surface area (Å²) in [5, 5.41) is 1.71. The molecule has 1 saturated heterocycles. The standard InChI is InChI=1S/C15H27NO3/c1-5-18-16-9-13(16)15(17)19-14-8-11(4)6-7-12(14)10(2)3/h10-14H,5-9H2,1-4H3. The molecule has 0 aromatic rings. The van der Waals surface area contributed by atoms with Crippen LogP contribution in [0.5, 0.6) is 0 Å². The third-order valence-electron chi connectivity index (χ3n) is 4.36. The van der Waals surface area contributed by atoms with Gasteiger partial charge in [-0.25, -0.2) is 0 Å². The molecule has 4 heteroatoms. The number of nitrogens with zero attached hydrogens (tertiary/aromatic N) is 1. The van der Waals surface area contributed by atoms with Crippen LogP contribution in [-0.2, 0) is 14.4 Å². The minimum absolute atomic E-state index is 0.0975. The topological polar surface area (TPSA) is 38.5 Å². The van der Waals surface area contributed by atoms with Crippen molar-refractivity contribution in [3.05, 3.63) is 0 Å². The lowest BCUT2D eigenvalue weighted by Gasteiger charge is -2.36. The first kappa shape index (κ1) is 14.8. The van der Waals surface area contributed by atoms with E-state index in [0.717, 1.165) is 6.42 Å². The summed E-state index contributed by atoms with van der Waals surface area (Å²) in [6.07, 6.45) is 3.54. The fourth-order valence-electron chi connectivity index (χ4n) is 3.10. The summed E-state index contributed by atoms with van der Waals surface area (Å²) in [6.45, 7) is 9.93. The summed E-state index contributed by atoms with van der Waals surface area (Å²) in [6, 6.07) is -0.162. The molecule has 0 amide bonds. The van der Waals surface area contributed by atoms with Gasteiger partial charge in [-0.05, 0) is 37.5 Å². The molecule has 1 saturated carbocycles. The van der Waals surface area contributed by atoms with E-state index < -0.39 is 0 Å². The van der Waals surface area contributed by atoms with Gasteiger partial charge < -0.3 is 4.74 Å². The van der Waals surface area contributed by atoms with Crippen LogP contribution < -0.4 is 0 Å². The first-order chi connectivity index (χ1) is 9.02. The Morgan fingerprint density at radius 3 is 2.74 bits per heavy atom. The molecular formula is C15H27NO3. The summed E-state index contributed by atoms with van der Waals surface area (Å²) >= 11 is 0. The maximum Gasteiger partial charge on any atom is 0.327 e. The van der Waals surface area contributed by atoms with Crippen molar-refractivity contribution in [2.24, 2.45) is 17.8 Å². The molecule has 2 rings (SSSR count). The fraction of sp³-hybridized carbons (Fsp3) is 0.933. The Kier molecular flexibility index (Phi) is 4.85. The zero-order valence-corrected chi connectivity index (χ0v) is 12.6. The second-order valence-electron chi connectivity index (χ2n) is 6.33. The van der Waals surface area contributed by atoms with Crippen molar-refractivity contribution in [3.8, 4) is 0 Å². The van der Waals surface area contributed by atoms with Gasteiger partial charge in [-0.3, -0.25) is 9.63 Å². The van der Waals surface area contributed by atoms with Gasteiger partial charge in [0.25, 0.3) is 0 Å². The average Bonchev–Trinajstić information content (AvgIpc) is 3.08. The average molecular weight is 269 g/mol. The van der Waals surface area contributed by atoms with E-state index in [9.17, 15) is 4.79 Å². The molecule has 4 nitrogen and oxygen atoms in total. The zero-order valence-electron chi connectivity index (χ0n) is 12.6. The summed E-state index contributed by atoms with van der Waals surface area (Å²) < 4.78 is 5.78. The van der Waals surface area contributed by atoms with Gasteiger partial charge in [-0.2, -0.15) is 5.06 Å². The molecule has 0 N–H and O–H groups in total. The fourth-order valence-corrected chi connectivity index (χ4v) is 3.10. The molecule has 0 spiro atoms. The van der Waals surface area contributed by atoms with Crippen LogP contribution in [0.3, 0.4) is 0 Å². The molecular weight excluding hydrogens is 242 g/mol. The zero-order chi connectivity index (χ0) is 14.0. The molecule has 0 radical (unpaired) electrons. The second-order valence-corrected chi connectivity index (χ2v) is 6.33. The number of hydrogen-bond donors (Lipinski definition) is 0. The van der Waals surface area contributed by atoms with Crippen molar-refractivity contribution in [3.63, 3.8) is 0 Å². The molecule has 2 aliphatic rings. The van der Waals surface area contributed by atoms with Crippen LogP contribution in [0.2, 0.25) is 0 Å². The van der Waals surface area contributed by atoms with Crippen molar-refractivity contribution >= 4 is 5.97 Å². The van der Waals surface area contributed by atoms with E-state index >= 15 is 0 Å². The SMILES string of the molecule is CCON1CC1C(=O)OC1CC(C)CCC1C(C)C. The summed E-state index contributed by atoms with van der Waals surface area (Å²) in [4.78, 5) is 17.4. The maximum absolute atomic E-state index is 12.1. The number of rotatable bonds is 5. The normalized spacial score (nSPS) is 38.3. The van der Waals surface area contributed by atoms with Crippen LogP contribution in [0.25, 0.3) is 0 Å². The molecule has 5 unspecified atom stereocenters. The number of carbonyl (C=O) groups excluding carboxylic acids is 1. The monoisotopic (exact) mass is 269 g/mol. The predicted molar refractivity (Wildman–Crippen MR) is 73.3 cm³/mol. The Morgan fingerprint density at radius 2 is 2.11 bits per heavy atom. The molecule has 110 valence electrons. The number of carbonyl (C=O) groups is 1. The largest absolute Gasteiger partial charge is 0.461 e. The van der Waals surface area contributed by atoms with E-state index in [2.05, 4.69) is 20.8 Å². The van der Waals surface area contributed by atoms with E-state index in [1.165, 1.54) is 12.8 Å². The third-order valence-corrected chi connectivity index (χ3v) is 4.36. The van der Waals surface area contributed by atoms with Crippen LogP contribution in [0.15, 0.2) is 0 Å². The maximum atomic E-state index is 12.1. The highest BCUT2D eigenvalue weighted by Crippen LogP contribution is 2.36.